The van der Waals surface area contributed by atoms with Crippen molar-refractivity contribution in [2.75, 3.05) is 18.6 Å². The number of methoxy groups -OCH3 is 1. The lowest BCUT2D eigenvalue weighted by atomic mass is 10.0. The summed E-state index contributed by atoms with van der Waals surface area (Å²) in [5.74, 6) is 0.972. The second kappa shape index (κ2) is 4.13. The Kier molecular flexibility index (Phi) is 2.85. The highest BCUT2D eigenvalue weighted by Crippen LogP contribution is 2.31. The van der Waals surface area contributed by atoms with Crippen LogP contribution in [-0.2, 0) is 6.42 Å². The molecule has 0 saturated carbocycles. The van der Waals surface area contributed by atoms with Crippen LogP contribution in [0, 0.1) is 0 Å². The number of fused-ring (bicyclic) bond motifs is 1. The molecule has 0 saturated heterocycles. The first-order valence-electron chi connectivity index (χ1n) is 5.66. The van der Waals surface area contributed by atoms with Crippen molar-refractivity contribution < 1.29 is 4.74 Å². The van der Waals surface area contributed by atoms with Gasteiger partial charge in [0, 0.05) is 18.3 Å². The molecule has 1 aliphatic rings. The van der Waals surface area contributed by atoms with Crippen molar-refractivity contribution in [1.29, 1.82) is 0 Å². The summed E-state index contributed by atoms with van der Waals surface area (Å²) in [5.41, 5.74) is 2.81. The number of rotatable bonds is 2. The van der Waals surface area contributed by atoms with E-state index in [1.54, 1.807) is 7.11 Å². The van der Waals surface area contributed by atoms with Gasteiger partial charge < -0.3 is 9.64 Å². The molecule has 15 heavy (non-hydrogen) atoms. The van der Waals surface area contributed by atoms with E-state index in [-0.39, 0.29) is 0 Å². The van der Waals surface area contributed by atoms with E-state index in [2.05, 4.69) is 36.9 Å². The molecule has 0 bridgehead atoms. The Morgan fingerprint density at radius 1 is 1.33 bits per heavy atom. The van der Waals surface area contributed by atoms with Crippen LogP contribution in [0.15, 0.2) is 18.2 Å². The first kappa shape index (κ1) is 10.3. The van der Waals surface area contributed by atoms with Gasteiger partial charge in [0.1, 0.15) is 5.75 Å². The predicted molar refractivity (Wildman–Crippen MR) is 63.8 cm³/mol. The van der Waals surface area contributed by atoms with Crippen molar-refractivity contribution in [1.82, 2.24) is 0 Å². The van der Waals surface area contributed by atoms with Gasteiger partial charge >= 0.3 is 0 Å². The SMILES string of the molecule is COc1ccc2c(c1)CCCN2C(C)C. The van der Waals surface area contributed by atoms with Crippen molar-refractivity contribution in [2.45, 2.75) is 32.7 Å². The summed E-state index contributed by atoms with van der Waals surface area (Å²) >= 11 is 0. The Bertz CT molecular complexity index is 346. The molecule has 1 aliphatic heterocycles. The van der Waals surface area contributed by atoms with E-state index in [1.165, 1.54) is 30.6 Å². The summed E-state index contributed by atoms with van der Waals surface area (Å²) in [6.45, 7) is 5.68. The third-order valence-corrected chi connectivity index (χ3v) is 3.06. The minimum atomic E-state index is 0.581. The molecule has 0 radical (unpaired) electrons. The van der Waals surface area contributed by atoms with Gasteiger partial charge in [-0.2, -0.15) is 0 Å². The first-order chi connectivity index (χ1) is 7.22. The zero-order valence-electron chi connectivity index (χ0n) is 9.79. The van der Waals surface area contributed by atoms with Gasteiger partial charge in [0.25, 0.3) is 0 Å². The second-order valence-corrected chi connectivity index (χ2v) is 4.39. The molecule has 2 nitrogen and oxygen atoms in total. The predicted octanol–water partition coefficient (Wildman–Crippen LogP) is 2.86. The number of anilines is 1. The molecule has 0 unspecified atom stereocenters. The topological polar surface area (TPSA) is 12.5 Å². The summed E-state index contributed by atoms with van der Waals surface area (Å²) in [7, 11) is 1.73. The van der Waals surface area contributed by atoms with Crippen molar-refractivity contribution >= 4 is 5.69 Å². The van der Waals surface area contributed by atoms with Crippen LogP contribution in [-0.4, -0.2) is 19.7 Å². The fraction of sp³-hybridized carbons (Fsp3) is 0.538. The standard InChI is InChI=1S/C13H19NO/c1-10(2)14-8-4-5-11-9-12(15-3)6-7-13(11)14/h6-7,9-10H,4-5,8H2,1-3H3. The summed E-state index contributed by atoms with van der Waals surface area (Å²) in [5, 5.41) is 0. The van der Waals surface area contributed by atoms with Crippen LogP contribution in [0.1, 0.15) is 25.8 Å². The Hall–Kier alpha value is -1.18. The van der Waals surface area contributed by atoms with Crippen LogP contribution in [0.25, 0.3) is 0 Å². The number of nitrogens with zero attached hydrogens (tertiary/aromatic N) is 1. The Morgan fingerprint density at radius 2 is 2.13 bits per heavy atom. The first-order valence-corrected chi connectivity index (χ1v) is 5.66. The molecule has 0 amide bonds. The molecule has 1 aromatic carbocycles. The Morgan fingerprint density at radius 3 is 2.80 bits per heavy atom. The molecule has 0 spiro atoms. The number of aryl methyl sites for hydroxylation is 1. The van der Waals surface area contributed by atoms with Crippen LogP contribution < -0.4 is 9.64 Å². The van der Waals surface area contributed by atoms with Crippen molar-refractivity contribution in [3.8, 4) is 5.75 Å². The van der Waals surface area contributed by atoms with Crippen LogP contribution in [0.3, 0.4) is 0 Å². The monoisotopic (exact) mass is 205 g/mol. The van der Waals surface area contributed by atoms with E-state index in [1.807, 2.05) is 0 Å². The molecule has 1 heterocycles. The fourth-order valence-electron chi connectivity index (χ4n) is 2.27. The number of hydrogen-bond donors (Lipinski definition) is 0. The summed E-state index contributed by atoms with van der Waals surface area (Å²) in [4.78, 5) is 2.47. The summed E-state index contributed by atoms with van der Waals surface area (Å²) in [6, 6.07) is 6.99. The average Bonchev–Trinajstić information content (AvgIpc) is 2.27. The zero-order valence-corrected chi connectivity index (χ0v) is 9.79. The highest BCUT2D eigenvalue weighted by Gasteiger charge is 2.19. The molecule has 0 aromatic heterocycles. The highest BCUT2D eigenvalue weighted by atomic mass is 16.5. The minimum Gasteiger partial charge on any atom is -0.497 e. The van der Waals surface area contributed by atoms with Gasteiger partial charge in [0.15, 0.2) is 0 Å². The maximum absolute atomic E-state index is 5.26. The number of hydrogen-bond acceptors (Lipinski definition) is 2. The molecule has 0 fully saturated rings. The molecule has 1 aromatic rings. The van der Waals surface area contributed by atoms with Crippen molar-refractivity contribution in [3.05, 3.63) is 23.8 Å². The van der Waals surface area contributed by atoms with Crippen molar-refractivity contribution in [2.24, 2.45) is 0 Å². The lowest BCUT2D eigenvalue weighted by Crippen LogP contribution is -2.35. The third kappa shape index (κ3) is 1.94. The van der Waals surface area contributed by atoms with Gasteiger partial charge in [-0.3, -0.25) is 0 Å². The second-order valence-electron chi connectivity index (χ2n) is 4.39. The van der Waals surface area contributed by atoms with Gasteiger partial charge in [0.2, 0.25) is 0 Å². The Balaban J connectivity index is 2.36. The molecule has 0 N–H and O–H groups in total. The van der Waals surface area contributed by atoms with Gasteiger partial charge in [-0.25, -0.2) is 0 Å². The highest BCUT2D eigenvalue weighted by molar-refractivity contribution is 5.58. The van der Waals surface area contributed by atoms with Crippen LogP contribution in [0.4, 0.5) is 5.69 Å². The molecule has 2 heteroatoms. The maximum atomic E-state index is 5.26. The summed E-state index contributed by atoms with van der Waals surface area (Å²) < 4.78 is 5.26. The summed E-state index contributed by atoms with van der Waals surface area (Å²) in [6.07, 6.45) is 2.42. The molecule has 2 rings (SSSR count). The van der Waals surface area contributed by atoms with E-state index >= 15 is 0 Å². The maximum Gasteiger partial charge on any atom is 0.119 e. The average molecular weight is 205 g/mol. The molecule has 0 atom stereocenters. The Labute approximate surface area is 91.9 Å². The zero-order chi connectivity index (χ0) is 10.8. The number of benzene rings is 1. The van der Waals surface area contributed by atoms with Gasteiger partial charge in [-0.15, -0.1) is 0 Å². The van der Waals surface area contributed by atoms with Gasteiger partial charge in [0.05, 0.1) is 7.11 Å². The lowest BCUT2D eigenvalue weighted by molar-refractivity contribution is 0.414. The van der Waals surface area contributed by atoms with Crippen LogP contribution in [0.5, 0.6) is 5.75 Å². The minimum absolute atomic E-state index is 0.581. The number of ether oxygens (including phenoxy) is 1. The van der Waals surface area contributed by atoms with Crippen LogP contribution >= 0.6 is 0 Å². The van der Waals surface area contributed by atoms with E-state index in [4.69, 9.17) is 4.74 Å². The third-order valence-electron chi connectivity index (χ3n) is 3.06. The lowest BCUT2D eigenvalue weighted by Gasteiger charge is -2.34. The van der Waals surface area contributed by atoms with Crippen LogP contribution in [0.2, 0.25) is 0 Å². The van der Waals surface area contributed by atoms with E-state index < -0.39 is 0 Å². The van der Waals surface area contributed by atoms with E-state index in [0.717, 1.165) is 5.75 Å². The fourth-order valence-corrected chi connectivity index (χ4v) is 2.27. The molecule has 0 aliphatic carbocycles. The van der Waals surface area contributed by atoms with Gasteiger partial charge in [-0.1, -0.05) is 0 Å². The molecular formula is C13H19NO. The van der Waals surface area contributed by atoms with Gasteiger partial charge in [-0.05, 0) is 50.5 Å². The van der Waals surface area contributed by atoms with E-state index in [0.29, 0.717) is 6.04 Å². The molecular weight excluding hydrogens is 186 g/mol. The normalized spacial score (nSPS) is 15.3. The smallest absolute Gasteiger partial charge is 0.119 e. The molecule has 82 valence electrons. The van der Waals surface area contributed by atoms with E-state index in [9.17, 15) is 0 Å². The quantitative estimate of drug-likeness (QED) is 0.736. The van der Waals surface area contributed by atoms with Crippen molar-refractivity contribution in [3.63, 3.8) is 0 Å². The largest absolute Gasteiger partial charge is 0.497 e.